The smallest absolute Gasteiger partial charge is 0.123 e. The molecule has 1 aromatic heterocycles. The molecule has 0 aliphatic carbocycles. The van der Waals surface area contributed by atoms with Crippen molar-refractivity contribution in [3.05, 3.63) is 81.5 Å². The van der Waals surface area contributed by atoms with Crippen LogP contribution in [-0.2, 0) is 0 Å². The van der Waals surface area contributed by atoms with E-state index in [1.165, 1.54) is 12.1 Å². The van der Waals surface area contributed by atoms with Crippen molar-refractivity contribution < 1.29 is 4.39 Å². The van der Waals surface area contributed by atoms with E-state index in [2.05, 4.69) is 32.2 Å². The normalized spacial score (nSPS) is 11.1. The van der Waals surface area contributed by atoms with Gasteiger partial charge < -0.3 is 0 Å². The molecule has 0 spiro atoms. The fourth-order valence-electron chi connectivity index (χ4n) is 3.18. The van der Waals surface area contributed by atoms with E-state index in [1.54, 1.807) is 11.3 Å². The van der Waals surface area contributed by atoms with E-state index in [1.807, 2.05) is 19.9 Å². The molecule has 2 aromatic carbocycles. The van der Waals surface area contributed by atoms with Crippen LogP contribution in [0, 0.1) is 19.7 Å². The molecule has 0 fully saturated rings. The van der Waals surface area contributed by atoms with Crippen molar-refractivity contribution in [3.63, 3.8) is 0 Å². The molecule has 0 aliphatic rings. The minimum atomic E-state index is -0.225. The number of benzene rings is 2. The quantitative estimate of drug-likeness (QED) is 0.439. The lowest BCUT2D eigenvalue weighted by molar-refractivity contribution is 0.625. The molecule has 3 heteroatoms. The van der Waals surface area contributed by atoms with Crippen LogP contribution in [0.3, 0.4) is 0 Å². The van der Waals surface area contributed by atoms with E-state index in [-0.39, 0.29) is 5.82 Å². The maximum absolute atomic E-state index is 13.6. The summed E-state index contributed by atoms with van der Waals surface area (Å²) in [5.41, 5.74) is 5.80. The van der Waals surface area contributed by atoms with Gasteiger partial charge in [0.25, 0.3) is 0 Å². The number of fused-ring (bicyclic) bond motifs is 1. The fourth-order valence-corrected chi connectivity index (χ4v) is 4.74. The van der Waals surface area contributed by atoms with Gasteiger partial charge in [-0.1, -0.05) is 43.8 Å². The lowest BCUT2D eigenvalue weighted by Gasteiger charge is -2.12. The first-order chi connectivity index (χ1) is 11.8. The van der Waals surface area contributed by atoms with Gasteiger partial charge in [-0.25, -0.2) is 4.39 Å². The number of aryl methyl sites for hydroxylation is 2. The van der Waals surface area contributed by atoms with Gasteiger partial charge in [0.15, 0.2) is 0 Å². The van der Waals surface area contributed by atoms with E-state index in [4.69, 9.17) is 11.6 Å². The minimum absolute atomic E-state index is 0.225. The van der Waals surface area contributed by atoms with Gasteiger partial charge in [0.05, 0.1) is 9.90 Å². The number of thiophene rings is 1. The Morgan fingerprint density at radius 1 is 1.12 bits per heavy atom. The van der Waals surface area contributed by atoms with Crippen molar-refractivity contribution in [2.75, 3.05) is 0 Å². The molecule has 3 aromatic rings. The average Bonchev–Trinajstić information content (AvgIpc) is 2.89. The van der Waals surface area contributed by atoms with Crippen LogP contribution in [0.25, 0.3) is 21.2 Å². The van der Waals surface area contributed by atoms with Gasteiger partial charge in [-0.15, -0.1) is 11.3 Å². The van der Waals surface area contributed by atoms with Crippen molar-refractivity contribution in [2.45, 2.75) is 27.2 Å². The average molecular weight is 371 g/mol. The van der Waals surface area contributed by atoms with E-state index >= 15 is 0 Å². The second-order valence-corrected chi connectivity index (χ2v) is 7.74. The maximum Gasteiger partial charge on any atom is 0.123 e. The molecule has 0 aliphatic heterocycles. The molecule has 0 bridgehead atoms. The number of hydrogen-bond donors (Lipinski definition) is 0. The Morgan fingerprint density at radius 2 is 1.76 bits per heavy atom. The highest BCUT2D eigenvalue weighted by Gasteiger charge is 2.18. The first kappa shape index (κ1) is 17.9. The van der Waals surface area contributed by atoms with Crippen LogP contribution < -0.4 is 0 Å². The predicted molar refractivity (Wildman–Crippen MR) is 110 cm³/mol. The summed E-state index contributed by atoms with van der Waals surface area (Å²) < 4.78 is 14.7. The van der Waals surface area contributed by atoms with Crippen LogP contribution in [0.1, 0.15) is 40.5 Å². The summed E-state index contributed by atoms with van der Waals surface area (Å²) in [6, 6.07) is 9.33. The third-order valence-corrected chi connectivity index (χ3v) is 6.25. The summed E-state index contributed by atoms with van der Waals surface area (Å²) in [5.74, 6) is -0.225. The Hall–Kier alpha value is -1.90. The summed E-state index contributed by atoms with van der Waals surface area (Å²) in [6.45, 7) is 14.3. The van der Waals surface area contributed by atoms with E-state index in [9.17, 15) is 4.39 Å². The van der Waals surface area contributed by atoms with E-state index in [0.29, 0.717) is 5.02 Å². The highest BCUT2D eigenvalue weighted by molar-refractivity contribution is 7.21. The summed E-state index contributed by atoms with van der Waals surface area (Å²) >= 11 is 8.28. The van der Waals surface area contributed by atoms with E-state index in [0.717, 1.165) is 54.8 Å². The first-order valence-electron chi connectivity index (χ1n) is 8.20. The largest absolute Gasteiger partial charge is 0.207 e. The SMILES string of the molecule is C=C(CC)c1ccc2c(Cl)c(C(=C)c3c(C)cc(F)cc3C)sc2c1. The van der Waals surface area contributed by atoms with Crippen molar-refractivity contribution >= 4 is 44.2 Å². The minimum Gasteiger partial charge on any atom is -0.207 e. The standard InChI is InChI=1S/C22H20ClFS/c1-6-12(2)16-7-8-18-19(11-16)25-22(21(18)23)15(5)20-13(3)9-17(24)10-14(20)4/h7-11H,2,5-6H2,1,3-4H3. The maximum atomic E-state index is 13.6. The Morgan fingerprint density at radius 3 is 2.36 bits per heavy atom. The van der Waals surface area contributed by atoms with Crippen LogP contribution in [0.4, 0.5) is 4.39 Å². The van der Waals surface area contributed by atoms with Crippen LogP contribution in [0.5, 0.6) is 0 Å². The van der Waals surface area contributed by atoms with E-state index < -0.39 is 0 Å². The molecule has 0 amide bonds. The molecule has 25 heavy (non-hydrogen) atoms. The second-order valence-electron chi connectivity index (χ2n) is 6.31. The van der Waals surface area contributed by atoms with Crippen LogP contribution >= 0.6 is 22.9 Å². The zero-order valence-electron chi connectivity index (χ0n) is 14.7. The zero-order valence-corrected chi connectivity index (χ0v) is 16.2. The topological polar surface area (TPSA) is 0 Å². The van der Waals surface area contributed by atoms with Crippen LogP contribution in [0.15, 0.2) is 43.5 Å². The van der Waals surface area contributed by atoms with Crippen LogP contribution in [0.2, 0.25) is 5.02 Å². The van der Waals surface area contributed by atoms with Crippen LogP contribution in [-0.4, -0.2) is 0 Å². The zero-order chi connectivity index (χ0) is 18.3. The fraction of sp³-hybridized carbons (Fsp3) is 0.182. The Balaban J connectivity index is 2.14. The van der Waals surface area contributed by atoms with Crippen molar-refractivity contribution in [2.24, 2.45) is 0 Å². The highest BCUT2D eigenvalue weighted by atomic mass is 35.5. The van der Waals surface area contributed by atoms with Gasteiger partial charge in [0.2, 0.25) is 0 Å². The third-order valence-electron chi connectivity index (χ3n) is 4.54. The van der Waals surface area contributed by atoms with Gasteiger partial charge in [0.1, 0.15) is 5.82 Å². The first-order valence-corrected chi connectivity index (χ1v) is 9.39. The predicted octanol–water partition coefficient (Wildman–Crippen LogP) is 7.80. The Labute approximate surface area is 157 Å². The van der Waals surface area contributed by atoms with Gasteiger partial charge in [0, 0.05) is 10.1 Å². The molecule has 0 unspecified atom stereocenters. The van der Waals surface area contributed by atoms with Gasteiger partial charge in [-0.2, -0.15) is 0 Å². The van der Waals surface area contributed by atoms with Gasteiger partial charge in [-0.3, -0.25) is 0 Å². The molecule has 3 rings (SSSR count). The number of halogens is 2. The molecule has 1 heterocycles. The Kier molecular flexibility index (Phi) is 4.86. The van der Waals surface area contributed by atoms with Gasteiger partial charge in [-0.05, 0) is 71.9 Å². The number of rotatable bonds is 4. The molecule has 0 saturated heterocycles. The van der Waals surface area contributed by atoms with Gasteiger partial charge >= 0.3 is 0 Å². The number of hydrogen-bond acceptors (Lipinski definition) is 1. The molecule has 0 N–H and O–H groups in total. The molecule has 0 atom stereocenters. The highest BCUT2D eigenvalue weighted by Crippen LogP contribution is 2.43. The number of allylic oxidation sites excluding steroid dienone is 1. The molecular weight excluding hydrogens is 351 g/mol. The monoisotopic (exact) mass is 370 g/mol. The third kappa shape index (κ3) is 3.17. The van der Waals surface area contributed by atoms with Crippen molar-refractivity contribution in [1.82, 2.24) is 0 Å². The summed E-state index contributed by atoms with van der Waals surface area (Å²) in [6.07, 6.45) is 0.915. The molecule has 0 nitrogen and oxygen atoms in total. The summed E-state index contributed by atoms with van der Waals surface area (Å²) in [7, 11) is 0. The summed E-state index contributed by atoms with van der Waals surface area (Å²) in [4.78, 5) is 0.939. The lowest BCUT2D eigenvalue weighted by Crippen LogP contribution is -1.94. The molecule has 0 radical (unpaired) electrons. The molecule has 128 valence electrons. The molecule has 0 saturated carbocycles. The van der Waals surface area contributed by atoms with Crippen molar-refractivity contribution in [1.29, 1.82) is 0 Å². The lowest BCUT2D eigenvalue weighted by atomic mass is 9.95. The van der Waals surface area contributed by atoms with Crippen molar-refractivity contribution in [3.8, 4) is 0 Å². The summed E-state index contributed by atoms with van der Waals surface area (Å²) in [5, 5.41) is 1.73. The second kappa shape index (κ2) is 6.78. The molecular formula is C22H20ClFS. The Bertz CT molecular complexity index is 987.